The summed E-state index contributed by atoms with van der Waals surface area (Å²) in [6, 6.07) is 6.73. The van der Waals surface area contributed by atoms with Gasteiger partial charge in [-0.15, -0.1) is 0 Å². The van der Waals surface area contributed by atoms with E-state index in [-0.39, 0.29) is 5.43 Å². The monoisotopic (exact) mass is 335 g/mol. The van der Waals surface area contributed by atoms with E-state index in [0.29, 0.717) is 42.9 Å². The fraction of sp³-hybridized carbons (Fsp3) is 0.353. The molecule has 122 valence electrons. The zero-order chi connectivity index (χ0) is 16.2. The molecule has 5 nitrogen and oxygen atoms in total. The van der Waals surface area contributed by atoms with Gasteiger partial charge in [0.25, 0.3) is 0 Å². The molecule has 2 aromatic rings. The molecule has 1 aromatic heterocycles. The molecule has 23 heavy (non-hydrogen) atoms. The Balaban J connectivity index is 1.94. The molecule has 2 heterocycles. The van der Waals surface area contributed by atoms with Crippen molar-refractivity contribution in [3.8, 4) is 22.8 Å². The third kappa shape index (κ3) is 3.51. The molecule has 0 saturated carbocycles. The van der Waals surface area contributed by atoms with Gasteiger partial charge in [0.1, 0.15) is 18.1 Å². The van der Waals surface area contributed by atoms with Crippen LogP contribution in [0.1, 0.15) is 6.42 Å². The minimum atomic E-state index is -0.0416. The molecular formula is C17H18ClNO4. The van der Waals surface area contributed by atoms with Crippen LogP contribution in [0, 0.1) is 0 Å². The van der Waals surface area contributed by atoms with E-state index in [1.165, 1.54) is 0 Å². The maximum absolute atomic E-state index is 11.7. The largest absolute Gasteiger partial charge is 0.492 e. The van der Waals surface area contributed by atoms with Gasteiger partial charge in [0.05, 0.1) is 23.9 Å². The maximum Gasteiger partial charge on any atom is 0.182 e. The zero-order valence-electron chi connectivity index (χ0n) is 12.9. The molecular weight excluding hydrogens is 318 g/mol. The van der Waals surface area contributed by atoms with E-state index in [1.54, 1.807) is 37.6 Å². The molecule has 1 aliphatic rings. The predicted octanol–water partition coefficient (Wildman–Crippen LogP) is 2.98. The van der Waals surface area contributed by atoms with Gasteiger partial charge < -0.3 is 18.8 Å². The number of hydrogen-bond acceptors (Lipinski definition) is 4. The van der Waals surface area contributed by atoms with Crippen LogP contribution in [0.4, 0.5) is 0 Å². The van der Waals surface area contributed by atoms with Crippen LogP contribution < -0.4 is 14.9 Å². The Morgan fingerprint density at radius 1 is 1.30 bits per heavy atom. The summed E-state index contributed by atoms with van der Waals surface area (Å²) >= 11 is 6.33. The van der Waals surface area contributed by atoms with Crippen molar-refractivity contribution < 1.29 is 14.2 Å². The van der Waals surface area contributed by atoms with Crippen LogP contribution in [-0.4, -0.2) is 31.5 Å². The van der Waals surface area contributed by atoms with Crippen LogP contribution in [0.15, 0.2) is 35.3 Å². The Morgan fingerprint density at radius 3 is 3.00 bits per heavy atom. The van der Waals surface area contributed by atoms with E-state index in [9.17, 15) is 4.79 Å². The number of hydrogen-bond donors (Lipinski definition) is 0. The lowest BCUT2D eigenvalue weighted by Gasteiger charge is -2.13. The first-order valence-corrected chi connectivity index (χ1v) is 7.86. The normalized spacial score (nSPS) is 12.8. The highest BCUT2D eigenvalue weighted by atomic mass is 35.5. The molecule has 1 aromatic carbocycles. The van der Waals surface area contributed by atoms with Crippen LogP contribution in [0.2, 0.25) is 5.02 Å². The fourth-order valence-electron chi connectivity index (χ4n) is 2.54. The van der Waals surface area contributed by atoms with Crippen molar-refractivity contribution in [2.24, 2.45) is 0 Å². The van der Waals surface area contributed by atoms with Crippen molar-refractivity contribution >= 4 is 11.6 Å². The Kier molecular flexibility index (Phi) is 4.88. The highest BCUT2D eigenvalue weighted by molar-refractivity contribution is 6.32. The summed E-state index contributed by atoms with van der Waals surface area (Å²) in [5.41, 5.74) is 1.56. The third-order valence-corrected chi connectivity index (χ3v) is 3.95. The molecule has 0 radical (unpaired) electrons. The second-order valence-electron chi connectivity index (χ2n) is 5.26. The van der Waals surface area contributed by atoms with Crippen molar-refractivity contribution in [3.63, 3.8) is 0 Å². The van der Waals surface area contributed by atoms with Gasteiger partial charge in [0.15, 0.2) is 5.43 Å². The Morgan fingerprint density at radius 2 is 2.17 bits per heavy atom. The minimum Gasteiger partial charge on any atom is -0.492 e. The molecule has 3 rings (SSSR count). The van der Waals surface area contributed by atoms with E-state index < -0.39 is 0 Å². The van der Waals surface area contributed by atoms with Crippen molar-refractivity contribution in [2.75, 3.05) is 26.9 Å². The fourth-order valence-corrected chi connectivity index (χ4v) is 2.76. The van der Waals surface area contributed by atoms with E-state index in [4.69, 9.17) is 25.8 Å². The van der Waals surface area contributed by atoms with Gasteiger partial charge in [0.2, 0.25) is 0 Å². The lowest BCUT2D eigenvalue weighted by molar-refractivity contribution is 0.172. The highest BCUT2D eigenvalue weighted by Gasteiger charge is 2.18. The standard InChI is InChI=1S/C17H18ClNO4/c1-21-6-2-7-22-17-11-16-13(10-14(17)18)15-9-12(20)3-4-19(15)5-8-23-16/h3-4,9-11H,2,5-8H2,1H3. The maximum atomic E-state index is 11.7. The summed E-state index contributed by atoms with van der Waals surface area (Å²) in [6.45, 7) is 2.34. The number of methoxy groups -OCH3 is 1. The second-order valence-corrected chi connectivity index (χ2v) is 5.67. The average molecular weight is 336 g/mol. The first-order chi connectivity index (χ1) is 11.2. The number of halogens is 1. The summed E-state index contributed by atoms with van der Waals surface area (Å²) in [6.07, 6.45) is 2.56. The van der Waals surface area contributed by atoms with Crippen LogP contribution in [-0.2, 0) is 11.3 Å². The summed E-state index contributed by atoms with van der Waals surface area (Å²) < 4.78 is 18.5. The molecule has 0 spiro atoms. The lowest BCUT2D eigenvalue weighted by atomic mass is 10.1. The van der Waals surface area contributed by atoms with Gasteiger partial charge in [-0.05, 0) is 6.07 Å². The average Bonchev–Trinajstić information content (AvgIpc) is 2.71. The predicted molar refractivity (Wildman–Crippen MR) is 88.6 cm³/mol. The number of aromatic nitrogens is 1. The second kappa shape index (κ2) is 7.06. The van der Waals surface area contributed by atoms with Gasteiger partial charge in [0, 0.05) is 50.1 Å². The number of ether oxygens (including phenoxy) is 3. The van der Waals surface area contributed by atoms with E-state index in [1.807, 2.05) is 4.57 Å². The molecule has 1 aliphatic heterocycles. The molecule has 0 bridgehead atoms. The molecule has 0 N–H and O–H groups in total. The molecule has 0 fully saturated rings. The van der Waals surface area contributed by atoms with Crippen molar-refractivity contribution in [2.45, 2.75) is 13.0 Å². The first-order valence-electron chi connectivity index (χ1n) is 7.48. The van der Waals surface area contributed by atoms with Crippen LogP contribution >= 0.6 is 11.6 Å². The quantitative estimate of drug-likeness (QED) is 0.788. The summed E-state index contributed by atoms with van der Waals surface area (Å²) in [4.78, 5) is 11.7. The highest BCUT2D eigenvalue weighted by Crippen LogP contribution is 2.39. The SMILES string of the molecule is COCCCOc1cc2c(cc1Cl)-c1cc(=O)ccn1CCO2. The summed E-state index contributed by atoms with van der Waals surface area (Å²) in [7, 11) is 1.66. The van der Waals surface area contributed by atoms with Gasteiger partial charge >= 0.3 is 0 Å². The van der Waals surface area contributed by atoms with Crippen LogP contribution in [0.3, 0.4) is 0 Å². The Bertz CT molecular complexity index is 757. The van der Waals surface area contributed by atoms with E-state index in [0.717, 1.165) is 17.7 Å². The number of nitrogens with zero attached hydrogens (tertiary/aromatic N) is 1. The topological polar surface area (TPSA) is 49.7 Å². The van der Waals surface area contributed by atoms with Gasteiger partial charge in [-0.1, -0.05) is 11.6 Å². The Labute approximate surface area is 139 Å². The molecule has 6 heteroatoms. The van der Waals surface area contributed by atoms with E-state index in [2.05, 4.69) is 0 Å². The zero-order valence-corrected chi connectivity index (χ0v) is 13.6. The van der Waals surface area contributed by atoms with Gasteiger partial charge in [-0.2, -0.15) is 0 Å². The number of pyridine rings is 1. The minimum absolute atomic E-state index is 0.0416. The molecule has 0 saturated heterocycles. The smallest absolute Gasteiger partial charge is 0.182 e. The van der Waals surface area contributed by atoms with Crippen molar-refractivity contribution in [3.05, 3.63) is 45.7 Å². The number of rotatable bonds is 5. The van der Waals surface area contributed by atoms with Crippen molar-refractivity contribution in [1.82, 2.24) is 4.57 Å². The molecule has 0 unspecified atom stereocenters. The molecule has 0 aliphatic carbocycles. The lowest BCUT2D eigenvalue weighted by Crippen LogP contribution is -2.09. The number of benzene rings is 1. The van der Waals surface area contributed by atoms with Crippen LogP contribution in [0.5, 0.6) is 11.5 Å². The third-order valence-electron chi connectivity index (χ3n) is 3.66. The Hall–Kier alpha value is -1.98. The number of fused-ring (bicyclic) bond motifs is 3. The first kappa shape index (κ1) is 15.9. The summed E-state index contributed by atoms with van der Waals surface area (Å²) in [5.74, 6) is 1.25. The van der Waals surface area contributed by atoms with Gasteiger partial charge in [-0.3, -0.25) is 4.79 Å². The van der Waals surface area contributed by atoms with E-state index >= 15 is 0 Å². The van der Waals surface area contributed by atoms with Gasteiger partial charge in [-0.25, -0.2) is 0 Å². The molecule has 0 atom stereocenters. The van der Waals surface area contributed by atoms with Crippen LogP contribution in [0.25, 0.3) is 11.3 Å². The van der Waals surface area contributed by atoms with Crippen molar-refractivity contribution in [1.29, 1.82) is 0 Å². The summed E-state index contributed by atoms with van der Waals surface area (Å²) in [5, 5.41) is 0.495. The molecule has 0 amide bonds.